The van der Waals surface area contributed by atoms with E-state index >= 15 is 0 Å². The lowest BCUT2D eigenvalue weighted by atomic mass is 10.1. The molecule has 0 atom stereocenters. The first-order valence-electron chi connectivity index (χ1n) is 15.6. The Morgan fingerprint density at radius 3 is 1.17 bits per heavy atom. The van der Waals surface area contributed by atoms with Crippen LogP contribution in [-0.4, -0.2) is 9.13 Å². The van der Waals surface area contributed by atoms with Crippen LogP contribution in [0.15, 0.2) is 154 Å². The van der Waals surface area contributed by atoms with Gasteiger partial charge in [0.15, 0.2) is 11.2 Å². The van der Waals surface area contributed by atoms with Gasteiger partial charge in [0, 0.05) is 43.1 Å². The maximum atomic E-state index is 6.56. The summed E-state index contributed by atoms with van der Waals surface area (Å²) in [6, 6.07) is 51.6. The van der Waals surface area contributed by atoms with Crippen molar-refractivity contribution >= 4 is 87.5 Å². The summed E-state index contributed by atoms with van der Waals surface area (Å²) in [5.74, 6) is 0. The molecular formula is C42H24N2O2. The fourth-order valence-corrected chi connectivity index (χ4v) is 7.77. The Balaban J connectivity index is 1.29. The number of benzene rings is 7. The zero-order valence-corrected chi connectivity index (χ0v) is 24.6. The zero-order chi connectivity index (χ0) is 29.9. The smallest absolute Gasteiger partial charge is 0.159 e. The van der Waals surface area contributed by atoms with Gasteiger partial charge in [-0.05, 0) is 48.5 Å². The summed E-state index contributed by atoms with van der Waals surface area (Å²) < 4.78 is 17.9. The number of aromatic nitrogens is 2. The quantitative estimate of drug-likeness (QED) is 0.201. The largest absolute Gasteiger partial charge is 0.454 e. The van der Waals surface area contributed by atoms with Gasteiger partial charge in [-0.1, -0.05) is 97.1 Å². The molecule has 0 spiro atoms. The Labute approximate surface area is 261 Å². The number of hydrogen-bond acceptors (Lipinski definition) is 2. The molecule has 0 saturated heterocycles. The summed E-state index contributed by atoms with van der Waals surface area (Å²) in [5.41, 5.74) is 10.2. The minimum Gasteiger partial charge on any atom is -0.454 e. The van der Waals surface area contributed by atoms with Crippen LogP contribution in [0.2, 0.25) is 0 Å². The molecule has 4 nitrogen and oxygen atoms in total. The summed E-state index contributed by atoms with van der Waals surface area (Å²) in [6.45, 7) is 0. The van der Waals surface area contributed by atoms with Crippen molar-refractivity contribution in [2.75, 3.05) is 0 Å². The fourth-order valence-electron chi connectivity index (χ4n) is 7.77. The van der Waals surface area contributed by atoms with Crippen LogP contribution in [-0.2, 0) is 0 Å². The normalized spacial score (nSPS) is 12.3. The number of nitrogens with zero attached hydrogens (tertiary/aromatic N) is 2. The third kappa shape index (κ3) is 3.03. The first kappa shape index (κ1) is 24.1. The van der Waals surface area contributed by atoms with Gasteiger partial charge in [0.05, 0.1) is 33.4 Å². The van der Waals surface area contributed by atoms with Crippen LogP contribution >= 0.6 is 0 Å². The second kappa shape index (κ2) is 8.68. The van der Waals surface area contributed by atoms with E-state index in [1.807, 2.05) is 24.3 Å². The monoisotopic (exact) mass is 588 g/mol. The molecule has 4 aromatic heterocycles. The molecule has 0 aliphatic carbocycles. The van der Waals surface area contributed by atoms with Gasteiger partial charge in [0.25, 0.3) is 0 Å². The highest BCUT2D eigenvalue weighted by atomic mass is 16.3. The molecule has 214 valence electrons. The lowest BCUT2D eigenvalue weighted by molar-refractivity contribution is 0.666. The van der Waals surface area contributed by atoms with Crippen LogP contribution in [0.5, 0.6) is 0 Å². The second-order valence-electron chi connectivity index (χ2n) is 12.1. The fraction of sp³-hybridized carbons (Fsp3) is 0. The number of hydrogen-bond donors (Lipinski definition) is 0. The SMILES string of the molecule is c1ccc2c(c1)oc1c(-n3c4ccccc4c4cc5c(cc43)c3ccccc3n5-c3cccc4c3oc3ccccc34)cccc12. The summed E-state index contributed by atoms with van der Waals surface area (Å²) in [4.78, 5) is 0. The van der Waals surface area contributed by atoms with E-state index in [0.29, 0.717) is 0 Å². The van der Waals surface area contributed by atoms with Gasteiger partial charge in [-0.25, -0.2) is 0 Å². The molecule has 0 saturated carbocycles. The van der Waals surface area contributed by atoms with Crippen LogP contribution in [0.25, 0.3) is 98.9 Å². The Kier molecular flexibility index (Phi) is 4.55. The van der Waals surface area contributed by atoms with Crippen LogP contribution in [0, 0.1) is 0 Å². The zero-order valence-electron chi connectivity index (χ0n) is 24.6. The summed E-state index contributed by atoms with van der Waals surface area (Å²) in [6.07, 6.45) is 0. The van der Waals surface area contributed by atoms with Crippen molar-refractivity contribution in [2.45, 2.75) is 0 Å². The van der Waals surface area contributed by atoms with E-state index < -0.39 is 0 Å². The molecule has 11 aromatic rings. The molecule has 0 N–H and O–H groups in total. The first-order valence-corrected chi connectivity index (χ1v) is 15.6. The molecule has 0 fully saturated rings. The van der Waals surface area contributed by atoms with E-state index in [-0.39, 0.29) is 0 Å². The van der Waals surface area contributed by atoms with E-state index in [1.165, 1.54) is 21.5 Å². The van der Waals surface area contributed by atoms with Crippen molar-refractivity contribution < 1.29 is 8.83 Å². The third-order valence-corrected chi connectivity index (χ3v) is 9.71. The van der Waals surface area contributed by atoms with E-state index in [1.54, 1.807) is 0 Å². The standard InChI is InChI=1S/C42H24N2O2/c1-5-17-33-25(11-1)31-23-38-32(24-37(31)43(33)35-19-9-15-29-27-13-3-7-21-39(27)45-41(29)35)26-12-2-6-18-34(26)44(38)36-20-10-16-30-28-14-4-8-22-40(28)46-42(30)36/h1-24H. The molecule has 0 unspecified atom stereocenters. The molecule has 0 amide bonds. The molecule has 4 heterocycles. The Bertz CT molecular complexity index is 2830. The van der Waals surface area contributed by atoms with E-state index in [2.05, 4.69) is 130 Å². The number of fused-ring (bicyclic) bond motifs is 12. The highest BCUT2D eigenvalue weighted by Gasteiger charge is 2.22. The van der Waals surface area contributed by atoms with Crippen LogP contribution in [0.4, 0.5) is 0 Å². The molecule has 0 radical (unpaired) electrons. The molecule has 11 rings (SSSR count). The highest BCUT2D eigenvalue weighted by molar-refractivity contribution is 6.20. The van der Waals surface area contributed by atoms with Crippen LogP contribution in [0.1, 0.15) is 0 Å². The van der Waals surface area contributed by atoms with Gasteiger partial charge in [-0.2, -0.15) is 0 Å². The topological polar surface area (TPSA) is 36.1 Å². The minimum absolute atomic E-state index is 0.894. The lowest BCUT2D eigenvalue weighted by Crippen LogP contribution is -1.95. The van der Waals surface area contributed by atoms with E-state index in [0.717, 1.165) is 77.3 Å². The lowest BCUT2D eigenvalue weighted by Gasteiger charge is -2.10. The Morgan fingerprint density at radius 2 is 0.696 bits per heavy atom. The molecule has 46 heavy (non-hydrogen) atoms. The number of rotatable bonds is 2. The van der Waals surface area contributed by atoms with Gasteiger partial charge in [-0.15, -0.1) is 0 Å². The Hall–Kier alpha value is -6.26. The maximum absolute atomic E-state index is 6.56. The number of furan rings is 2. The van der Waals surface area contributed by atoms with Crippen molar-refractivity contribution in [3.63, 3.8) is 0 Å². The second-order valence-corrected chi connectivity index (χ2v) is 12.1. The van der Waals surface area contributed by atoms with Crippen LogP contribution in [0.3, 0.4) is 0 Å². The van der Waals surface area contributed by atoms with Crippen molar-refractivity contribution in [1.82, 2.24) is 9.13 Å². The predicted octanol–water partition coefficient (Wildman–Crippen LogP) is 11.7. The molecular weight excluding hydrogens is 564 g/mol. The van der Waals surface area contributed by atoms with Gasteiger partial charge >= 0.3 is 0 Å². The summed E-state index contributed by atoms with van der Waals surface area (Å²) in [5, 5.41) is 9.29. The van der Waals surface area contributed by atoms with Crippen molar-refractivity contribution in [3.8, 4) is 11.4 Å². The first-order chi connectivity index (χ1) is 22.8. The van der Waals surface area contributed by atoms with E-state index in [4.69, 9.17) is 8.83 Å². The molecule has 7 aromatic carbocycles. The molecule has 0 aliphatic rings. The molecule has 0 bridgehead atoms. The predicted molar refractivity (Wildman–Crippen MR) is 190 cm³/mol. The van der Waals surface area contributed by atoms with Crippen molar-refractivity contribution in [3.05, 3.63) is 146 Å². The molecule has 4 heteroatoms. The molecule has 0 aliphatic heterocycles. The number of para-hydroxylation sites is 6. The minimum atomic E-state index is 0.894. The Morgan fingerprint density at radius 1 is 0.304 bits per heavy atom. The third-order valence-electron chi connectivity index (χ3n) is 9.71. The average Bonchev–Trinajstić information content (AvgIpc) is 3.85. The van der Waals surface area contributed by atoms with Gasteiger partial charge in [-0.3, -0.25) is 0 Å². The van der Waals surface area contributed by atoms with Crippen molar-refractivity contribution in [1.29, 1.82) is 0 Å². The van der Waals surface area contributed by atoms with Crippen LogP contribution < -0.4 is 0 Å². The van der Waals surface area contributed by atoms with Gasteiger partial charge < -0.3 is 18.0 Å². The summed E-state index contributed by atoms with van der Waals surface area (Å²) in [7, 11) is 0. The van der Waals surface area contributed by atoms with Crippen molar-refractivity contribution in [2.24, 2.45) is 0 Å². The van der Waals surface area contributed by atoms with Gasteiger partial charge in [0.2, 0.25) is 0 Å². The van der Waals surface area contributed by atoms with Gasteiger partial charge in [0.1, 0.15) is 11.2 Å². The maximum Gasteiger partial charge on any atom is 0.159 e. The highest BCUT2D eigenvalue weighted by Crippen LogP contribution is 2.43. The average molecular weight is 589 g/mol. The van der Waals surface area contributed by atoms with E-state index in [9.17, 15) is 0 Å². The summed E-state index contributed by atoms with van der Waals surface area (Å²) >= 11 is 0.